The molecule has 2 aromatic carbocycles. The normalized spacial score (nSPS) is 12.4. The highest BCUT2D eigenvalue weighted by Crippen LogP contribution is 2.25. The van der Waals surface area contributed by atoms with Gasteiger partial charge in [-0.2, -0.15) is 0 Å². The second kappa shape index (κ2) is 9.13. The van der Waals surface area contributed by atoms with Crippen molar-refractivity contribution in [1.29, 1.82) is 0 Å². The zero-order valence-electron chi connectivity index (χ0n) is 12.9. The third kappa shape index (κ3) is 5.10. The molecule has 0 aliphatic carbocycles. The molecule has 0 amide bonds. The van der Waals surface area contributed by atoms with Crippen LogP contribution in [-0.2, 0) is 0 Å². The van der Waals surface area contributed by atoms with Crippen LogP contribution in [0, 0.1) is 11.8 Å². The molecule has 112 valence electrons. The zero-order valence-corrected chi connectivity index (χ0v) is 13.7. The van der Waals surface area contributed by atoms with Crippen molar-refractivity contribution in [3.8, 4) is 11.8 Å². The first-order chi connectivity index (χ1) is 10.8. The fraction of sp³-hybridized carbons (Fsp3) is 0.238. The summed E-state index contributed by atoms with van der Waals surface area (Å²) in [5.74, 6) is 6.68. The Morgan fingerprint density at radius 2 is 1.68 bits per heavy atom. The molecule has 1 heteroatoms. The van der Waals surface area contributed by atoms with Gasteiger partial charge in [-0.3, -0.25) is 0 Å². The molecule has 0 aliphatic rings. The Morgan fingerprint density at radius 1 is 1.05 bits per heavy atom. The number of hydrogen-bond donors (Lipinski definition) is 0. The topological polar surface area (TPSA) is 0 Å². The summed E-state index contributed by atoms with van der Waals surface area (Å²) in [6, 6.07) is 20.3. The van der Waals surface area contributed by atoms with Crippen molar-refractivity contribution in [3.63, 3.8) is 0 Å². The van der Waals surface area contributed by atoms with E-state index in [1.54, 1.807) is 0 Å². The highest BCUT2D eigenvalue weighted by atomic mass is 35.5. The molecule has 0 nitrogen and oxygen atoms in total. The van der Waals surface area contributed by atoms with Crippen molar-refractivity contribution in [2.75, 3.05) is 0 Å². The maximum absolute atomic E-state index is 6.48. The van der Waals surface area contributed by atoms with Gasteiger partial charge in [-0.05, 0) is 23.6 Å². The van der Waals surface area contributed by atoms with Gasteiger partial charge < -0.3 is 0 Å². The van der Waals surface area contributed by atoms with Gasteiger partial charge in [0.25, 0.3) is 0 Å². The SMILES string of the molecule is CCCCC#CC(/C=C(\Cl)c1ccccc1)c1ccccc1. The number of hydrogen-bond acceptors (Lipinski definition) is 0. The molecule has 0 fully saturated rings. The van der Waals surface area contributed by atoms with E-state index in [-0.39, 0.29) is 5.92 Å². The quantitative estimate of drug-likeness (QED) is 0.453. The fourth-order valence-corrected chi connectivity index (χ4v) is 2.42. The maximum atomic E-state index is 6.48. The molecule has 0 aromatic heterocycles. The molecule has 0 saturated heterocycles. The third-order valence-corrected chi connectivity index (χ3v) is 3.78. The van der Waals surface area contributed by atoms with Gasteiger partial charge in [-0.1, -0.05) is 91.5 Å². The largest absolute Gasteiger partial charge is 0.102 e. The molecule has 22 heavy (non-hydrogen) atoms. The Balaban J connectivity index is 2.26. The van der Waals surface area contributed by atoms with Crippen molar-refractivity contribution >= 4 is 16.6 Å². The lowest BCUT2D eigenvalue weighted by atomic mass is 9.98. The van der Waals surface area contributed by atoms with Crippen molar-refractivity contribution < 1.29 is 0 Å². The van der Waals surface area contributed by atoms with Gasteiger partial charge in [0.15, 0.2) is 0 Å². The van der Waals surface area contributed by atoms with Crippen LogP contribution in [0.5, 0.6) is 0 Å². The van der Waals surface area contributed by atoms with Crippen LogP contribution in [0.25, 0.3) is 5.03 Å². The van der Waals surface area contributed by atoms with Crippen molar-refractivity contribution in [3.05, 3.63) is 77.9 Å². The Bertz CT molecular complexity index is 645. The molecule has 0 aliphatic heterocycles. The molecular formula is C21H21Cl. The zero-order chi connectivity index (χ0) is 15.6. The Morgan fingerprint density at radius 3 is 2.32 bits per heavy atom. The summed E-state index contributed by atoms with van der Waals surface area (Å²) in [5, 5.41) is 0.749. The number of benzene rings is 2. The first kappa shape index (κ1) is 16.4. The van der Waals surface area contributed by atoms with Crippen LogP contribution in [0.15, 0.2) is 66.7 Å². The predicted molar refractivity (Wildman–Crippen MR) is 96.8 cm³/mol. The van der Waals surface area contributed by atoms with Crippen LogP contribution in [0.2, 0.25) is 0 Å². The lowest BCUT2D eigenvalue weighted by Gasteiger charge is -2.08. The van der Waals surface area contributed by atoms with E-state index in [9.17, 15) is 0 Å². The van der Waals surface area contributed by atoms with Crippen LogP contribution < -0.4 is 0 Å². The fourth-order valence-electron chi connectivity index (χ4n) is 2.17. The second-order valence-corrected chi connectivity index (χ2v) is 5.60. The predicted octanol–water partition coefficient (Wildman–Crippen LogP) is 6.24. The number of rotatable bonds is 5. The average Bonchev–Trinajstić information content (AvgIpc) is 2.59. The molecule has 0 saturated carbocycles. The highest BCUT2D eigenvalue weighted by Gasteiger charge is 2.07. The first-order valence-corrected chi connectivity index (χ1v) is 8.15. The number of allylic oxidation sites excluding steroid dienone is 1. The minimum Gasteiger partial charge on any atom is -0.102 e. The standard InChI is InChI=1S/C21H21Cl/c1-2-3-4-7-16-20(18-12-8-5-9-13-18)17-21(22)19-14-10-6-11-15-19/h5-6,8-15,17,20H,2-4H2,1H3/b21-17-. The van der Waals surface area contributed by atoms with Crippen LogP contribution >= 0.6 is 11.6 Å². The third-order valence-electron chi connectivity index (χ3n) is 3.43. The summed E-state index contributed by atoms with van der Waals surface area (Å²) in [6.07, 6.45) is 5.30. The first-order valence-electron chi connectivity index (χ1n) is 7.77. The Labute approximate surface area is 138 Å². The number of unbranched alkanes of at least 4 members (excludes halogenated alkanes) is 2. The summed E-state index contributed by atoms with van der Waals surface area (Å²) in [5.41, 5.74) is 2.21. The molecule has 2 aromatic rings. The van der Waals surface area contributed by atoms with E-state index in [0.29, 0.717) is 0 Å². The summed E-state index contributed by atoms with van der Waals surface area (Å²) in [7, 11) is 0. The monoisotopic (exact) mass is 308 g/mol. The smallest absolute Gasteiger partial charge is 0.0650 e. The summed E-state index contributed by atoms with van der Waals surface area (Å²) >= 11 is 6.48. The van der Waals surface area contributed by atoms with E-state index in [1.807, 2.05) is 54.6 Å². The van der Waals surface area contributed by atoms with Crippen LogP contribution in [0.3, 0.4) is 0 Å². The van der Waals surface area contributed by atoms with Crippen LogP contribution in [-0.4, -0.2) is 0 Å². The van der Waals surface area contributed by atoms with Gasteiger partial charge in [0.2, 0.25) is 0 Å². The molecule has 0 spiro atoms. The minimum absolute atomic E-state index is 0.0331. The summed E-state index contributed by atoms with van der Waals surface area (Å²) in [4.78, 5) is 0. The van der Waals surface area contributed by atoms with E-state index in [1.165, 1.54) is 12.0 Å². The van der Waals surface area contributed by atoms with Crippen LogP contribution in [0.4, 0.5) is 0 Å². The van der Waals surface area contributed by atoms with Gasteiger partial charge in [-0.15, -0.1) is 5.92 Å². The van der Waals surface area contributed by atoms with Crippen LogP contribution in [0.1, 0.15) is 43.2 Å². The molecule has 1 atom stereocenters. The second-order valence-electron chi connectivity index (χ2n) is 5.19. The van der Waals surface area contributed by atoms with Gasteiger partial charge in [-0.25, -0.2) is 0 Å². The van der Waals surface area contributed by atoms with Gasteiger partial charge in [0.1, 0.15) is 0 Å². The summed E-state index contributed by atoms with van der Waals surface area (Å²) in [6.45, 7) is 2.18. The minimum atomic E-state index is 0.0331. The molecular weight excluding hydrogens is 288 g/mol. The Hall–Kier alpha value is -1.97. The highest BCUT2D eigenvalue weighted by molar-refractivity contribution is 6.48. The van der Waals surface area contributed by atoms with Gasteiger partial charge in [0.05, 0.1) is 5.92 Å². The van der Waals surface area contributed by atoms with Gasteiger partial charge in [0, 0.05) is 11.5 Å². The number of halogens is 1. The van der Waals surface area contributed by atoms with Gasteiger partial charge >= 0.3 is 0 Å². The van der Waals surface area contributed by atoms with E-state index >= 15 is 0 Å². The van der Waals surface area contributed by atoms with E-state index in [0.717, 1.165) is 23.4 Å². The lowest BCUT2D eigenvalue weighted by Crippen LogP contribution is -1.92. The lowest BCUT2D eigenvalue weighted by molar-refractivity contribution is 0.827. The van der Waals surface area contributed by atoms with E-state index < -0.39 is 0 Å². The molecule has 0 N–H and O–H groups in total. The van der Waals surface area contributed by atoms with E-state index in [4.69, 9.17) is 11.6 Å². The Kier molecular flexibility index (Phi) is 6.81. The average molecular weight is 309 g/mol. The molecule has 2 rings (SSSR count). The molecule has 0 radical (unpaired) electrons. The maximum Gasteiger partial charge on any atom is 0.0650 e. The molecule has 0 heterocycles. The van der Waals surface area contributed by atoms with Crippen molar-refractivity contribution in [2.24, 2.45) is 0 Å². The summed E-state index contributed by atoms with van der Waals surface area (Å²) < 4.78 is 0. The molecule has 0 bridgehead atoms. The van der Waals surface area contributed by atoms with Crippen molar-refractivity contribution in [2.45, 2.75) is 32.1 Å². The molecule has 1 unspecified atom stereocenters. The van der Waals surface area contributed by atoms with E-state index in [2.05, 4.69) is 30.9 Å². The van der Waals surface area contributed by atoms with Crippen molar-refractivity contribution in [1.82, 2.24) is 0 Å².